The maximum Gasteiger partial charge on any atom is 0 e. The summed E-state index contributed by atoms with van der Waals surface area (Å²) in [6, 6.07) is 12.3. The third-order valence-electron chi connectivity index (χ3n) is 3.14. The summed E-state index contributed by atoms with van der Waals surface area (Å²) in [5, 5.41) is 0. The van der Waals surface area contributed by atoms with Crippen molar-refractivity contribution in [1.29, 1.82) is 0 Å². The first kappa shape index (κ1) is 77.5. The van der Waals surface area contributed by atoms with Gasteiger partial charge in [-0.25, -0.2) is 0 Å². The van der Waals surface area contributed by atoms with E-state index in [1.165, 1.54) is 31.7 Å². The Morgan fingerprint density at radius 3 is 0.833 bits per heavy atom. The summed E-state index contributed by atoms with van der Waals surface area (Å²) in [5.41, 5.74) is 4.77. The zero-order chi connectivity index (χ0) is 33.8. The molecular weight excluding hydrogens is 718 g/mol. The third kappa shape index (κ3) is 54.0. The van der Waals surface area contributed by atoms with E-state index in [2.05, 4.69) is 92.1 Å². The Labute approximate surface area is 282 Å². The quantitative estimate of drug-likeness (QED) is 0.193. The SMILES string of the molecule is C=[PH+]Oc1c(C)cccc1C.Cc1cccc(C)c1O[PH3+].[C-]#[O+].[C-]#[O+].[C-]#[O+].[C-]#[O+].[C-]#[O+].[C-]#[O+].[C-]#[O+].[C-]#[O+].[C-]#[O+].[Fe].[Fe].[Fe]. The molecule has 0 aliphatic heterocycles. The summed E-state index contributed by atoms with van der Waals surface area (Å²) in [5.74, 6) is 2.00. The van der Waals surface area contributed by atoms with Crippen molar-refractivity contribution in [3.05, 3.63) is 119 Å². The van der Waals surface area contributed by atoms with Gasteiger partial charge >= 0.3 is 102 Å². The number of rotatable bonds is 3. The van der Waals surface area contributed by atoms with Crippen molar-refractivity contribution in [1.82, 2.24) is 0 Å². The molecule has 0 saturated carbocycles. The first-order chi connectivity index (χ1) is 19.0. The van der Waals surface area contributed by atoms with Crippen LogP contribution in [0.4, 0.5) is 0 Å². The summed E-state index contributed by atoms with van der Waals surface area (Å²) < 4.78 is 78.1. The Kier molecular flexibility index (Phi) is 166. The molecule has 2 rings (SSSR count). The molecule has 0 bridgehead atoms. The van der Waals surface area contributed by atoms with Crippen molar-refractivity contribution in [3.8, 4) is 11.5 Å². The average molecular weight is 742 g/mol. The molecule has 2 aromatic rings. The van der Waals surface area contributed by atoms with Gasteiger partial charge < -0.3 is 4.52 Å². The van der Waals surface area contributed by atoms with Crippen molar-refractivity contribution in [2.24, 2.45) is 0 Å². The Morgan fingerprint density at radius 2 is 0.690 bits per heavy atom. The van der Waals surface area contributed by atoms with Crippen LogP contribution < -0.4 is 9.05 Å². The van der Waals surface area contributed by atoms with Gasteiger partial charge in [0.05, 0.1) is 0 Å². The molecule has 2 unspecified atom stereocenters. The van der Waals surface area contributed by atoms with Crippen LogP contribution >= 0.6 is 17.9 Å². The fraction of sp³-hybridized carbons (Fsp3) is 0.154. The second-order valence-electron chi connectivity index (χ2n) is 4.83. The van der Waals surface area contributed by atoms with Crippen molar-refractivity contribution in [2.75, 3.05) is 0 Å². The Morgan fingerprint density at radius 1 is 0.500 bits per heavy atom. The van der Waals surface area contributed by atoms with Gasteiger partial charge in [0, 0.05) is 51.2 Å². The van der Waals surface area contributed by atoms with Gasteiger partial charge in [-0.1, -0.05) is 36.4 Å². The van der Waals surface area contributed by atoms with Crippen LogP contribution in [0.25, 0.3) is 0 Å². The minimum atomic E-state index is 0. The van der Waals surface area contributed by atoms with Gasteiger partial charge in [0.25, 0.3) is 8.43 Å². The van der Waals surface area contributed by atoms with E-state index in [1.54, 1.807) is 0 Å². The number of benzene rings is 2. The predicted octanol–water partition coefficient (Wildman–Crippen LogP) is 4.57. The van der Waals surface area contributed by atoms with Crippen LogP contribution in [0.1, 0.15) is 22.3 Å². The molecule has 0 spiro atoms. The average Bonchev–Trinajstić information content (AvgIpc) is 3.04. The molecule has 0 N–H and O–H groups in total. The summed E-state index contributed by atoms with van der Waals surface area (Å²) in [6.45, 7) is 48.7. The second-order valence-corrected chi connectivity index (χ2v) is 5.61. The van der Waals surface area contributed by atoms with Crippen molar-refractivity contribution < 1.29 is 102 Å². The molecule has 0 aliphatic rings. The smallest absolute Gasteiger partial charge is 0 e. The van der Waals surface area contributed by atoms with Gasteiger partial charge in [0.15, 0.2) is 21.0 Å². The van der Waals surface area contributed by atoms with Gasteiger partial charge in [-0.05, 0) is 49.9 Å². The van der Waals surface area contributed by atoms with Crippen LogP contribution in [0.5, 0.6) is 11.5 Å². The molecule has 226 valence electrons. The van der Waals surface area contributed by atoms with E-state index in [9.17, 15) is 0 Å². The van der Waals surface area contributed by atoms with Gasteiger partial charge in [-0.3, -0.25) is 4.52 Å². The molecule has 0 amide bonds. The van der Waals surface area contributed by atoms with E-state index in [-0.39, 0.29) is 59.6 Å². The monoisotopic (exact) mass is 742 g/mol. The summed E-state index contributed by atoms with van der Waals surface area (Å²) in [7, 11) is 1.80. The molecule has 16 heteroatoms. The Balaban J connectivity index is -0.0000000268. The molecule has 0 fully saturated rings. The minimum absolute atomic E-state index is 0. The zero-order valence-electron chi connectivity index (χ0n) is 22.4. The first-order valence-corrected chi connectivity index (χ1v) is 10.3. The maximum absolute atomic E-state index is 7.50. The second kappa shape index (κ2) is 90.1. The van der Waals surface area contributed by atoms with E-state index in [1.807, 2.05) is 38.1 Å². The van der Waals surface area contributed by atoms with Crippen LogP contribution in [0.15, 0.2) is 36.4 Å². The van der Waals surface area contributed by atoms with Crippen molar-refractivity contribution in [2.45, 2.75) is 27.7 Å². The van der Waals surface area contributed by atoms with Crippen LogP contribution in [0.2, 0.25) is 0 Å². The molecule has 0 radical (unpaired) electrons. The van der Waals surface area contributed by atoms with Gasteiger partial charge in [-0.15, -0.1) is 0 Å². The van der Waals surface area contributed by atoms with Gasteiger partial charge in [0.2, 0.25) is 0 Å². The fourth-order valence-electron chi connectivity index (χ4n) is 2.06. The van der Waals surface area contributed by atoms with Crippen LogP contribution in [0, 0.1) is 87.5 Å². The van der Waals surface area contributed by atoms with E-state index in [4.69, 9.17) is 50.9 Å². The normalized spacial score (nSPS) is 5.38. The molecular formula is C26H24Fe3O11P2+2. The minimum Gasteiger partial charge on any atom is 0 e. The molecule has 2 atom stereocenters. The molecule has 0 aliphatic carbocycles. The van der Waals surface area contributed by atoms with E-state index >= 15 is 0 Å². The first-order valence-electron chi connectivity index (χ1n) is 8.58. The molecule has 42 heavy (non-hydrogen) atoms. The van der Waals surface area contributed by atoms with Crippen molar-refractivity contribution >= 4 is 24.2 Å². The molecule has 0 saturated heterocycles. The summed E-state index contributed by atoms with van der Waals surface area (Å²) in [4.78, 5) is 0. The Bertz CT molecular complexity index is 888. The largest absolute Gasteiger partial charge is 0 e. The van der Waals surface area contributed by atoms with Crippen LogP contribution in [-0.2, 0) is 93.1 Å². The molecule has 0 aromatic heterocycles. The third-order valence-corrected chi connectivity index (χ3v) is 3.77. The van der Waals surface area contributed by atoms with Gasteiger partial charge in [0.1, 0.15) is 6.30 Å². The van der Waals surface area contributed by atoms with Crippen LogP contribution in [0.3, 0.4) is 0 Å². The van der Waals surface area contributed by atoms with E-state index < -0.39 is 0 Å². The Hall–Kier alpha value is -2.14. The predicted molar refractivity (Wildman–Crippen MR) is 135 cm³/mol. The molecule has 2 aromatic carbocycles. The molecule has 0 heterocycles. The zero-order valence-corrected chi connectivity index (χ0v) is 28.2. The van der Waals surface area contributed by atoms with Gasteiger partial charge in [-0.2, -0.15) is 0 Å². The molecule has 11 nitrogen and oxygen atoms in total. The summed E-state index contributed by atoms with van der Waals surface area (Å²) in [6.07, 6.45) is 3.67. The number of aryl methyl sites for hydroxylation is 4. The van der Waals surface area contributed by atoms with Crippen molar-refractivity contribution in [3.63, 3.8) is 0 Å². The number of hydrogen-bond donors (Lipinski definition) is 0. The topological polar surface area (TPSA) is 198 Å². The van der Waals surface area contributed by atoms with E-state index in [0.717, 1.165) is 11.5 Å². The number of hydrogen-bond acceptors (Lipinski definition) is 2. The van der Waals surface area contributed by atoms with Crippen LogP contribution in [-0.4, -0.2) is 6.30 Å². The summed E-state index contributed by atoms with van der Waals surface area (Å²) >= 11 is 0. The maximum atomic E-state index is 7.50. The standard InChI is InChI=1S/C9H11OP.C8H12OP.9CO.3Fe/c1-7-5-4-6-8(2)9(7)10-11-3;1-6-4-3-5-7(2)8(6)9-10;9*1-2;;;/h4-6H,3H2,1-2H3;3-5H,1-2,10H3;;;;;;;;;;;;/q;+1;;;;;;;;;;;;/p+1. The fourth-order valence-corrected chi connectivity index (χ4v) is 2.98. The van der Waals surface area contributed by atoms with E-state index in [0.29, 0.717) is 0 Å². The number of para-hydroxylation sites is 2.